The van der Waals surface area contributed by atoms with Gasteiger partial charge in [0.05, 0.1) is 19.5 Å². The Balaban J connectivity index is 1.45. The topological polar surface area (TPSA) is 107 Å². The first kappa shape index (κ1) is 25.0. The van der Waals surface area contributed by atoms with Crippen LogP contribution in [0, 0.1) is 11.3 Å². The van der Waals surface area contributed by atoms with Gasteiger partial charge in [0.2, 0.25) is 5.91 Å². The van der Waals surface area contributed by atoms with Crippen molar-refractivity contribution in [2.75, 3.05) is 12.4 Å². The lowest BCUT2D eigenvalue weighted by Gasteiger charge is -2.30. The van der Waals surface area contributed by atoms with Crippen molar-refractivity contribution in [3.05, 3.63) is 24.2 Å². The molecule has 1 saturated carbocycles. The van der Waals surface area contributed by atoms with Crippen LogP contribution in [0.2, 0.25) is 0 Å². The molecule has 0 bridgehead atoms. The SMILES string of the molecule is COc1cnc(NC(=O)[C@H]2CCC[C@@H](NC(=O)OC(C)(C)C)C2)cc1-c1cnn2c1CC(C)(C)C2. The quantitative estimate of drug-likeness (QED) is 0.646. The predicted molar refractivity (Wildman–Crippen MR) is 133 cm³/mol. The second-order valence-electron chi connectivity index (χ2n) is 11.5. The summed E-state index contributed by atoms with van der Waals surface area (Å²) in [6.45, 7) is 10.8. The number of ether oxygens (including phenoxy) is 2. The molecule has 9 nitrogen and oxygen atoms in total. The van der Waals surface area contributed by atoms with Crippen LogP contribution in [0.1, 0.15) is 66.0 Å². The average Bonchev–Trinajstić information content (AvgIpc) is 3.27. The Morgan fingerprint density at radius 3 is 2.66 bits per heavy atom. The van der Waals surface area contributed by atoms with Crippen molar-refractivity contribution in [3.8, 4) is 16.9 Å². The fraction of sp³-hybridized carbons (Fsp3) is 0.615. The van der Waals surface area contributed by atoms with Gasteiger partial charge in [-0.3, -0.25) is 9.48 Å². The zero-order chi connectivity index (χ0) is 25.4. The van der Waals surface area contributed by atoms with Gasteiger partial charge in [-0.25, -0.2) is 9.78 Å². The van der Waals surface area contributed by atoms with E-state index < -0.39 is 11.7 Å². The van der Waals surface area contributed by atoms with Gasteiger partial charge in [0, 0.05) is 35.3 Å². The molecule has 2 amide bonds. The van der Waals surface area contributed by atoms with Gasteiger partial charge in [-0.2, -0.15) is 5.10 Å². The van der Waals surface area contributed by atoms with E-state index in [4.69, 9.17) is 9.47 Å². The van der Waals surface area contributed by atoms with Crippen molar-refractivity contribution in [2.45, 2.75) is 84.9 Å². The van der Waals surface area contributed by atoms with E-state index in [1.165, 1.54) is 5.69 Å². The van der Waals surface area contributed by atoms with Crippen LogP contribution in [0.5, 0.6) is 5.75 Å². The van der Waals surface area contributed by atoms with Gasteiger partial charge in [-0.15, -0.1) is 0 Å². The van der Waals surface area contributed by atoms with Crippen LogP contribution in [0.4, 0.5) is 10.6 Å². The first-order valence-corrected chi connectivity index (χ1v) is 12.3. The molecular formula is C26H37N5O4. The summed E-state index contributed by atoms with van der Waals surface area (Å²) in [6.07, 6.45) is 7.01. The number of pyridine rings is 1. The number of aromatic nitrogens is 3. The standard InChI is InChI=1S/C26H37N5O4/c1-25(2,3)35-24(33)29-17-9-7-8-16(10-17)23(32)30-22-11-18(21(34-6)14-27-22)19-13-28-31-15-26(4,5)12-20(19)31/h11,13-14,16-17H,7-10,12,15H2,1-6H3,(H,29,33)(H,27,30,32)/t16-,17+/m0/s1. The minimum absolute atomic E-state index is 0.0907. The number of amides is 2. The summed E-state index contributed by atoms with van der Waals surface area (Å²) in [5.74, 6) is 0.816. The van der Waals surface area contributed by atoms with Gasteiger partial charge >= 0.3 is 6.09 Å². The van der Waals surface area contributed by atoms with Crippen molar-refractivity contribution >= 4 is 17.8 Å². The second kappa shape index (κ2) is 9.51. The number of nitrogens with one attached hydrogen (secondary N) is 2. The van der Waals surface area contributed by atoms with E-state index in [0.717, 1.165) is 43.4 Å². The van der Waals surface area contributed by atoms with Crippen LogP contribution < -0.4 is 15.4 Å². The maximum absolute atomic E-state index is 13.1. The lowest BCUT2D eigenvalue weighted by molar-refractivity contribution is -0.121. The van der Waals surface area contributed by atoms with Crippen LogP contribution in [0.15, 0.2) is 18.5 Å². The number of rotatable bonds is 5. The summed E-state index contributed by atoms with van der Waals surface area (Å²) in [7, 11) is 1.62. The number of anilines is 1. The Morgan fingerprint density at radius 1 is 1.17 bits per heavy atom. The second-order valence-corrected chi connectivity index (χ2v) is 11.5. The zero-order valence-corrected chi connectivity index (χ0v) is 21.6. The van der Waals surface area contributed by atoms with Gasteiger partial charge in [0.1, 0.15) is 17.2 Å². The van der Waals surface area contributed by atoms with E-state index in [9.17, 15) is 9.59 Å². The molecule has 1 fully saturated rings. The number of methoxy groups -OCH3 is 1. The van der Waals surface area contributed by atoms with Crippen molar-refractivity contribution in [1.29, 1.82) is 0 Å². The molecule has 2 aromatic heterocycles. The molecule has 2 aromatic rings. The number of hydrogen-bond donors (Lipinski definition) is 2. The molecule has 35 heavy (non-hydrogen) atoms. The molecule has 190 valence electrons. The number of carbonyl (C=O) groups excluding carboxylic acids is 2. The minimum Gasteiger partial charge on any atom is -0.494 e. The number of carbonyl (C=O) groups is 2. The largest absolute Gasteiger partial charge is 0.494 e. The number of fused-ring (bicyclic) bond motifs is 1. The molecule has 0 spiro atoms. The minimum atomic E-state index is -0.557. The fourth-order valence-corrected chi connectivity index (χ4v) is 5.02. The van der Waals surface area contributed by atoms with Crippen molar-refractivity contribution < 1.29 is 19.1 Å². The highest BCUT2D eigenvalue weighted by Crippen LogP contribution is 2.40. The number of alkyl carbamates (subject to hydrolysis) is 1. The number of nitrogens with zero attached hydrogens (tertiary/aromatic N) is 3. The van der Waals surface area contributed by atoms with Gasteiger partial charge < -0.3 is 20.1 Å². The summed E-state index contributed by atoms with van der Waals surface area (Å²) in [4.78, 5) is 29.7. The van der Waals surface area contributed by atoms with Crippen molar-refractivity contribution in [1.82, 2.24) is 20.1 Å². The molecule has 4 rings (SSSR count). The van der Waals surface area contributed by atoms with Crippen molar-refractivity contribution in [2.24, 2.45) is 11.3 Å². The van der Waals surface area contributed by atoms with Gasteiger partial charge in [-0.1, -0.05) is 20.3 Å². The third kappa shape index (κ3) is 5.94. The Kier molecular flexibility index (Phi) is 6.79. The summed E-state index contributed by atoms with van der Waals surface area (Å²) in [5, 5.41) is 10.5. The molecule has 9 heteroatoms. The lowest BCUT2D eigenvalue weighted by Crippen LogP contribution is -2.43. The molecule has 1 aliphatic heterocycles. The zero-order valence-electron chi connectivity index (χ0n) is 21.6. The Labute approximate surface area is 207 Å². The van der Waals surface area contributed by atoms with Gasteiger partial charge in [-0.05, 0) is 57.9 Å². The molecule has 2 aliphatic rings. The van der Waals surface area contributed by atoms with Gasteiger partial charge in [0.15, 0.2) is 0 Å². The molecule has 2 atom stereocenters. The average molecular weight is 484 g/mol. The van der Waals surface area contributed by atoms with E-state index in [-0.39, 0.29) is 23.3 Å². The smallest absolute Gasteiger partial charge is 0.407 e. The monoisotopic (exact) mass is 483 g/mol. The summed E-state index contributed by atoms with van der Waals surface area (Å²) in [5.41, 5.74) is 2.63. The molecule has 1 aliphatic carbocycles. The highest BCUT2D eigenvalue weighted by molar-refractivity contribution is 5.92. The van der Waals surface area contributed by atoms with Crippen LogP contribution in [-0.2, 0) is 22.5 Å². The van der Waals surface area contributed by atoms with Crippen molar-refractivity contribution in [3.63, 3.8) is 0 Å². The molecule has 3 heterocycles. The Morgan fingerprint density at radius 2 is 1.94 bits per heavy atom. The van der Waals surface area contributed by atoms with Crippen LogP contribution in [-0.4, -0.2) is 45.5 Å². The normalized spacial score (nSPS) is 21.2. The first-order valence-electron chi connectivity index (χ1n) is 12.3. The molecule has 0 aromatic carbocycles. The highest BCUT2D eigenvalue weighted by Gasteiger charge is 2.33. The van der Waals surface area contributed by atoms with Crippen LogP contribution >= 0.6 is 0 Å². The van der Waals surface area contributed by atoms with E-state index in [2.05, 4.69) is 34.6 Å². The highest BCUT2D eigenvalue weighted by atomic mass is 16.6. The molecule has 2 N–H and O–H groups in total. The molecule has 0 radical (unpaired) electrons. The summed E-state index contributed by atoms with van der Waals surface area (Å²) >= 11 is 0. The van der Waals surface area contributed by atoms with E-state index in [1.807, 2.05) is 37.7 Å². The molecular weight excluding hydrogens is 446 g/mol. The Bertz CT molecular complexity index is 1100. The maximum atomic E-state index is 13.1. The maximum Gasteiger partial charge on any atom is 0.407 e. The van der Waals surface area contributed by atoms with Crippen LogP contribution in [0.3, 0.4) is 0 Å². The first-order chi connectivity index (χ1) is 16.4. The molecule has 0 unspecified atom stereocenters. The van der Waals surface area contributed by atoms with E-state index >= 15 is 0 Å². The van der Waals surface area contributed by atoms with E-state index in [0.29, 0.717) is 18.0 Å². The summed E-state index contributed by atoms with van der Waals surface area (Å²) in [6, 6.07) is 1.77. The predicted octanol–water partition coefficient (Wildman–Crippen LogP) is 4.56. The van der Waals surface area contributed by atoms with E-state index in [1.54, 1.807) is 13.3 Å². The number of hydrogen-bond acceptors (Lipinski definition) is 6. The fourth-order valence-electron chi connectivity index (χ4n) is 5.02. The third-order valence-corrected chi connectivity index (χ3v) is 6.57. The summed E-state index contributed by atoms with van der Waals surface area (Å²) < 4.78 is 13.0. The van der Waals surface area contributed by atoms with Crippen LogP contribution in [0.25, 0.3) is 11.1 Å². The third-order valence-electron chi connectivity index (χ3n) is 6.57. The Hall–Kier alpha value is -3.10. The molecule has 0 saturated heterocycles. The lowest BCUT2D eigenvalue weighted by atomic mass is 9.85. The van der Waals surface area contributed by atoms with Gasteiger partial charge in [0.25, 0.3) is 0 Å².